The van der Waals surface area contributed by atoms with E-state index in [0.29, 0.717) is 18.7 Å². The van der Waals surface area contributed by atoms with Gasteiger partial charge in [-0.15, -0.1) is 0 Å². The molecule has 0 aromatic carbocycles. The molecule has 0 spiro atoms. The number of carbonyl (C=O) groups excluding carboxylic acids is 2. The fourth-order valence-corrected chi connectivity index (χ4v) is 2.54. The normalized spacial score (nSPS) is 18.1. The van der Waals surface area contributed by atoms with Gasteiger partial charge >= 0.3 is 5.97 Å². The van der Waals surface area contributed by atoms with Crippen LogP contribution in [0.15, 0.2) is 16.8 Å². The van der Waals surface area contributed by atoms with Crippen molar-refractivity contribution in [3.05, 3.63) is 11.6 Å². The molecule has 0 aromatic rings. The van der Waals surface area contributed by atoms with E-state index >= 15 is 0 Å². The van der Waals surface area contributed by atoms with Gasteiger partial charge in [-0.05, 0) is 44.3 Å². The number of ketones is 1. The van der Waals surface area contributed by atoms with Gasteiger partial charge in [-0.1, -0.05) is 12.8 Å². The third-order valence-corrected chi connectivity index (χ3v) is 3.59. The van der Waals surface area contributed by atoms with Crippen molar-refractivity contribution in [3.8, 4) is 0 Å². The average molecular weight is 324 g/mol. The maximum absolute atomic E-state index is 11.8. The summed E-state index contributed by atoms with van der Waals surface area (Å²) in [5.74, 6) is -0.280. The second kappa shape index (κ2) is 10.2. The molecule has 6 heteroatoms. The van der Waals surface area contributed by atoms with Gasteiger partial charge in [-0.25, -0.2) is 4.79 Å². The molecule has 1 rings (SSSR count). The van der Waals surface area contributed by atoms with Crippen LogP contribution in [-0.2, 0) is 14.3 Å². The summed E-state index contributed by atoms with van der Waals surface area (Å²) in [6.45, 7) is 2.13. The summed E-state index contributed by atoms with van der Waals surface area (Å²) in [5, 5.41) is 15.2. The van der Waals surface area contributed by atoms with E-state index in [0.717, 1.165) is 37.7 Å². The predicted octanol–water partition coefficient (Wildman–Crippen LogP) is 2.07. The topological polar surface area (TPSA) is 79.2 Å². The summed E-state index contributed by atoms with van der Waals surface area (Å²) in [7, 11) is 3.56. The molecule has 6 nitrogen and oxygen atoms in total. The number of nitrogens with zero attached hydrogens (tertiary/aromatic N) is 2. The third-order valence-electron chi connectivity index (χ3n) is 3.59. The Hall–Kier alpha value is -1.69. The lowest BCUT2D eigenvalue weighted by Gasteiger charge is -2.10. The van der Waals surface area contributed by atoms with Crippen LogP contribution in [0, 0.1) is 0 Å². The fraction of sp³-hybridized carbons (Fsp3) is 0.706. The molecule has 1 aliphatic rings. The Kier molecular flexibility index (Phi) is 8.55. The van der Waals surface area contributed by atoms with Gasteiger partial charge in [-0.2, -0.15) is 5.10 Å². The highest BCUT2D eigenvalue weighted by Gasteiger charge is 2.21. The zero-order valence-electron chi connectivity index (χ0n) is 14.4. The van der Waals surface area contributed by atoms with Crippen LogP contribution in [0.4, 0.5) is 0 Å². The zero-order chi connectivity index (χ0) is 17.2. The van der Waals surface area contributed by atoms with Crippen molar-refractivity contribution in [2.45, 2.75) is 58.0 Å². The summed E-state index contributed by atoms with van der Waals surface area (Å²) < 4.78 is 5.01. The Morgan fingerprint density at radius 1 is 1.35 bits per heavy atom. The van der Waals surface area contributed by atoms with E-state index in [1.807, 2.05) is 0 Å². The molecular formula is C17H28N2O4. The van der Waals surface area contributed by atoms with Crippen LogP contribution < -0.4 is 0 Å². The van der Waals surface area contributed by atoms with Crippen LogP contribution in [-0.4, -0.2) is 54.4 Å². The number of hydrazone groups is 1. The quantitative estimate of drug-likeness (QED) is 0.288. The van der Waals surface area contributed by atoms with Crippen molar-refractivity contribution in [1.82, 2.24) is 5.01 Å². The maximum atomic E-state index is 11.8. The molecule has 1 unspecified atom stereocenters. The molecule has 0 saturated heterocycles. The van der Waals surface area contributed by atoms with Crippen LogP contribution in [0.3, 0.4) is 0 Å². The van der Waals surface area contributed by atoms with E-state index in [-0.39, 0.29) is 18.2 Å². The number of Topliss-reactive ketones (excluding diaryl/α,β-unsaturated/α-hetero) is 1. The van der Waals surface area contributed by atoms with Gasteiger partial charge in [0.2, 0.25) is 0 Å². The van der Waals surface area contributed by atoms with E-state index in [1.54, 1.807) is 32.1 Å². The molecule has 0 saturated carbocycles. The zero-order valence-corrected chi connectivity index (χ0v) is 14.4. The van der Waals surface area contributed by atoms with Crippen molar-refractivity contribution in [2.24, 2.45) is 5.10 Å². The Labute approximate surface area is 138 Å². The van der Waals surface area contributed by atoms with Crippen molar-refractivity contribution in [3.63, 3.8) is 0 Å². The van der Waals surface area contributed by atoms with Crippen molar-refractivity contribution in [2.75, 3.05) is 20.7 Å². The summed E-state index contributed by atoms with van der Waals surface area (Å²) in [6.07, 6.45) is 6.37. The first-order chi connectivity index (χ1) is 10.9. The molecule has 0 amide bonds. The first-order valence-corrected chi connectivity index (χ1v) is 8.28. The molecule has 23 heavy (non-hydrogen) atoms. The largest absolute Gasteiger partial charge is 0.461 e. The van der Waals surface area contributed by atoms with Gasteiger partial charge < -0.3 is 14.9 Å². The molecular weight excluding hydrogens is 296 g/mol. The van der Waals surface area contributed by atoms with E-state index in [1.165, 1.54) is 0 Å². The number of allylic oxidation sites excluding steroid dienone is 1. The van der Waals surface area contributed by atoms with E-state index in [9.17, 15) is 14.7 Å². The Morgan fingerprint density at radius 2 is 2.04 bits per heavy atom. The summed E-state index contributed by atoms with van der Waals surface area (Å²) >= 11 is 0. The van der Waals surface area contributed by atoms with Crippen molar-refractivity contribution < 1.29 is 19.4 Å². The first-order valence-electron chi connectivity index (χ1n) is 8.28. The summed E-state index contributed by atoms with van der Waals surface area (Å²) in [5.41, 5.74) is 1.22. The second-order valence-electron chi connectivity index (χ2n) is 5.92. The monoisotopic (exact) mass is 324 g/mol. The van der Waals surface area contributed by atoms with Crippen LogP contribution in [0.25, 0.3) is 0 Å². The second-order valence-corrected chi connectivity index (χ2v) is 5.92. The van der Waals surface area contributed by atoms with Crippen molar-refractivity contribution in [1.29, 1.82) is 0 Å². The van der Waals surface area contributed by atoms with Gasteiger partial charge in [0.1, 0.15) is 5.71 Å². The molecule has 1 atom stereocenters. The minimum absolute atomic E-state index is 0.0696. The summed E-state index contributed by atoms with van der Waals surface area (Å²) in [6, 6.07) is 0. The van der Waals surface area contributed by atoms with Gasteiger partial charge in [0, 0.05) is 20.5 Å². The van der Waals surface area contributed by atoms with Crippen molar-refractivity contribution >= 4 is 17.5 Å². The van der Waals surface area contributed by atoms with Gasteiger partial charge in [0.15, 0.2) is 5.78 Å². The number of rotatable bonds is 10. The summed E-state index contributed by atoms with van der Waals surface area (Å²) in [4.78, 5) is 23.3. The first kappa shape index (κ1) is 19.4. The lowest BCUT2D eigenvalue weighted by molar-refractivity contribution is -0.135. The van der Waals surface area contributed by atoms with Crippen LogP contribution in [0.2, 0.25) is 0 Å². The molecule has 0 bridgehead atoms. The van der Waals surface area contributed by atoms with Gasteiger partial charge in [-0.3, -0.25) is 4.79 Å². The number of esters is 1. The number of unbranched alkanes of at least 4 members (excludes halogenated alkanes) is 3. The Morgan fingerprint density at radius 3 is 2.61 bits per heavy atom. The third kappa shape index (κ3) is 7.41. The lowest BCUT2D eigenvalue weighted by Crippen LogP contribution is -2.21. The fourth-order valence-electron chi connectivity index (χ4n) is 2.54. The predicted molar refractivity (Wildman–Crippen MR) is 89.2 cm³/mol. The average Bonchev–Trinajstić information content (AvgIpc) is 2.79. The van der Waals surface area contributed by atoms with Gasteiger partial charge in [0.25, 0.3) is 0 Å². The van der Waals surface area contributed by atoms with E-state index < -0.39 is 6.10 Å². The van der Waals surface area contributed by atoms with E-state index in [2.05, 4.69) is 5.10 Å². The molecule has 0 heterocycles. The highest BCUT2D eigenvalue weighted by atomic mass is 16.5. The minimum atomic E-state index is -0.591. The van der Waals surface area contributed by atoms with Crippen LogP contribution in [0.5, 0.6) is 0 Å². The molecule has 0 fully saturated rings. The standard InChI is InChI=1S/C17H28N2O4/c1-4-23-17(22)15(18-19(2)3)10-8-6-5-7-9-13-11-14(20)12-16(13)21/h11,14,20H,4-10,12H2,1-3H3/b18-15+. The van der Waals surface area contributed by atoms with E-state index in [4.69, 9.17) is 4.74 Å². The number of aliphatic hydroxyl groups is 1. The minimum Gasteiger partial charge on any atom is -0.461 e. The molecule has 0 aliphatic heterocycles. The molecule has 1 N–H and O–H groups in total. The van der Waals surface area contributed by atoms with Crippen LogP contribution in [0.1, 0.15) is 51.9 Å². The number of ether oxygens (including phenoxy) is 1. The SMILES string of the molecule is CCOC(=O)/C(CCCCCCC1=CC(O)CC1=O)=N/N(C)C. The lowest BCUT2D eigenvalue weighted by atomic mass is 10.0. The molecule has 0 aromatic heterocycles. The highest BCUT2D eigenvalue weighted by Crippen LogP contribution is 2.20. The Balaban J connectivity index is 2.25. The smallest absolute Gasteiger partial charge is 0.354 e. The molecule has 0 radical (unpaired) electrons. The molecule has 130 valence electrons. The maximum Gasteiger partial charge on any atom is 0.354 e. The van der Waals surface area contributed by atoms with Gasteiger partial charge in [0.05, 0.1) is 12.7 Å². The van der Waals surface area contributed by atoms with Crippen LogP contribution >= 0.6 is 0 Å². The Bertz CT molecular complexity index is 469. The molecule has 1 aliphatic carbocycles. The number of hydrogen-bond donors (Lipinski definition) is 1. The number of hydrogen-bond acceptors (Lipinski definition) is 6. The number of aliphatic hydroxyl groups excluding tert-OH is 1. The number of carbonyl (C=O) groups is 2. The highest BCUT2D eigenvalue weighted by molar-refractivity contribution is 6.36.